The molecule has 1 rings (SSSR count). The smallest absolute Gasteiger partial charge is 0.308 e. The van der Waals surface area contributed by atoms with E-state index in [1.54, 1.807) is 6.07 Å². The first-order chi connectivity index (χ1) is 6.59. The Hall–Kier alpha value is -1.38. The summed E-state index contributed by atoms with van der Waals surface area (Å²) in [6.45, 7) is 9.08. The molecule has 0 aliphatic carbocycles. The van der Waals surface area contributed by atoms with Crippen LogP contribution in [-0.2, 0) is 4.79 Å². The van der Waals surface area contributed by atoms with E-state index in [4.69, 9.17) is 4.74 Å². The number of ether oxygens (including phenoxy) is 1. The summed E-state index contributed by atoms with van der Waals surface area (Å²) >= 11 is 0. The summed E-state index contributed by atoms with van der Waals surface area (Å²) < 4.78 is 4.90. The zero-order valence-electron chi connectivity index (χ0n) is 9.42. The number of pyridine rings is 1. The topological polar surface area (TPSA) is 39.2 Å². The van der Waals surface area contributed by atoms with Gasteiger partial charge in [-0.15, -0.1) is 0 Å². The predicted octanol–water partition coefficient (Wildman–Crippen LogP) is 2.65. The molecule has 3 nitrogen and oxygen atoms in total. The van der Waals surface area contributed by atoms with E-state index in [1.165, 1.54) is 6.92 Å². The SMILES string of the molecule is CC.CC(=O)Oc1ccc(C)nc1C. The van der Waals surface area contributed by atoms with Gasteiger partial charge >= 0.3 is 5.97 Å². The molecule has 3 heteroatoms. The molecule has 0 aliphatic heterocycles. The standard InChI is InChI=1S/C9H11NO2.C2H6/c1-6-4-5-9(7(2)10-6)12-8(3)11;1-2/h4-5H,1-3H3;1-2H3. The van der Waals surface area contributed by atoms with E-state index >= 15 is 0 Å². The molecule has 78 valence electrons. The summed E-state index contributed by atoms with van der Waals surface area (Å²) in [5, 5.41) is 0. The van der Waals surface area contributed by atoms with Crippen LogP contribution < -0.4 is 4.74 Å². The van der Waals surface area contributed by atoms with Gasteiger partial charge in [0.15, 0.2) is 5.75 Å². The molecule has 14 heavy (non-hydrogen) atoms. The average Bonchev–Trinajstić information content (AvgIpc) is 2.13. The van der Waals surface area contributed by atoms with Crippen molar-refractivity contribution in [2.24, 2.45) is 0 Å². The molecule has 0 saturated carbocycles. The van der Waals surface area contributed by atoms with E-state index in [2.05, 4.69) is 4.98 Å². The molecule has 0 aliphatic rings. The summed E-state index contributed by atoms with van der Waals surface area (Å²) in [7, 11) is 0. The molecule has 1 aromatic rings. The van der Waals surface area contributed by atoms with E-state index in [0.717, 1.165) is 11.4 Å². The second-order valence-electron chi connectivity index (χ2n) is 2.63. The van der Waals surface area contributed by atoms with Crippen molar-refractivity contribution in [3.63, 3.8) is 0 Å². The molecule has 0 atom stereocenters. The van der Waals surface area contributed by atoms with Gasteiger partial charge in [-0.2, -0.15) is 0 Å². The van der Waals surface area contributed by atoms with Gasteiger partial charge in [-0.25, -0.2) is 0 Å². The van der Waals surface area contributed by atoms with Crippen molar-refractivity contribution in [1.29, 1.82) is 0 Å². The second-order valence-corrected chi connectivity index (χ2v) is 2.63. The summed E-state index contributed by atoms with van der Waals surface area (Å²) in [4.78, 5) is 14.7. The van der Waals surface area contributed by atoms with Crippen molar-refractivity contribution in [3.8, 4) is 5.75 Å². The zero-order valence-corrected chi connectivity index (χ0v) is 9.42. The fourth-order valence-electron chi connectivity index (χ4n) is 0.937. The van der Waals surface area contributed by atoms with Crippen molar-refractivity contribution in [3.05, 3.63) is 23.5 Å². The molecule has 0 amide bonds. The minimum atomic E-state index is -0.316. The number of esters is 1. The Balaban J connectivity index is 0.000000791. The van der Waals surface area contributed by atoms with Crippen LogP contribution in [-0.4, -0.2) is 11.0 Å². The first-order valence-electron chi connectivity index (χ1n) is 4.72. The van der Waals surface area contributed by atoms with Crippen molar-refractivity contribution >= 4 is 5.97 Å². The minimum Gasteiger partial charge on any atom is -0.425 e. The third kappa shape index (κ3) is 4.03. The lowest BCUT2D eigenvalue weighted by molar-refractivity contribution is -0.131. The summed E-state index contributed by atoms with van der Waals surface area (Å²) in [5.41, 5.74) is 1.66. The van der Waals surface area contributed by atoms with Gasteiger partial charge in [0.05, 0.1) is 5.69 Å². The first kappa shape index (κ1) is 12.6. The maximum atomic E-state index is 10.6. The average molecular weight is 195 g/mol. The van der Waals surface area contributed by atoms with Gasteiger partial charge in [-0.3, -0.25) is 9.78 Å². The Kier molecular flexibility index (Phi) is 5.53. The molecule has 0 unspecified atom stereocenters. The van der Waals surface area contributed by atoms with Crippen molar-refractivity contribution in [1.82, 2.24) is 4.98 Å². The summed E-state index contributed by atoms with van der Waals surface area (Å²) in [6, 6.07) is 3.56. The van der Waals surface area contributed by atoms with E-state index in [-0.39, 0.29) is 5.97 Å². The third-order valence-corrected chi connectivity index (χ3v) is 1.43. The van der Waals surface area contributed by atoms with Gasteiger partial charge in [0.25, 0.3) is 0 Å². The quantitative estimate of drug-likeness (QED) is 0.647. The number of aromatic nitrogens is 1. The lowest BCUT2D eigenvalue weighted by atomic mass is 10.3. The Bertz CT molecular complexity index is 308. The molecule has 1 heterocycles. The highest BCUT2D eigenvalue weighted by molar-refractivity contribution is 5.69. The highest BCUT2D eigenvalue weighted by Gasteiger charge is 2.02. The van der Waals surface area contributed by atoms with E-state index < -0.39 is 0 Å². The molecule has 0 radical (unpaired) electrons. The fourth-order valence-corrected chi connectivity index (χ4v) is 0.937. The molecule has 0 saturated heterocycles. The van der Waals surface area contributed by atoms with Crippen LogP contribution >= 0.6 is 0 Å². The number of hydrogen-bond donors (Lipinski definition) is 0. The highest BCUT2D eigenvalue weighted by atomic mass is 16.5. The number of hydrogen-bond acceptors (Lipinski definition) is 3. The van der Waals surface area contributed by atoms with Gasteiger partial charge in [0, 0.05) is 12.6 Å². The minimum absolute atomic E-state index is 0.316. The van der Waals surface area contributed by atoms with Crippen LogP contribution in [0.25, 0.3) is 0 Å². The number of nitrogens with zero attached hydrogens (tertiary/aromatic N) is 1. The van der Waals surface area contributed by atoms with Gasteiger partial charge in [-0.1, -0.05) is 13.8 Å². The number of aryl methyl sites for hydroxylation is 2. The predicted molar refractivity (Wildman–Crippen MR) is 56.4 cm³/mol. The molecule has 0 spiro atoms. The van der Waals surface area contributed by atoms with Crippen LogP contribution in [0, 0.1) is 13.8 Å². The molecule has 0 aromatic carbocycles. The van der Waals surface area contributed by atoms with Crippen LogP contribution in [0.5, 0.6) is 5.75 Å². The van der Waals surface area contributed by atoms with Crippen molar-refractivity contribution in [2.75, 3.05) is 0 Å². The van der Waals surface area contributed by atoms with E-state index in [0.29, 0.717) is 5.75 Å². The van der Waals surface area contributed by atoms with Crippen molar-refractivity contribution < 1.29 is 9.53 Å². The number of carbonyl (C=O) groups is 1. The van der Waals surface area contributed by atoms with E-state index in [1.807, 2.05) is 33.8 Å². The molecule has 0 fully saturated rings. The number of rotatable bonds is 1. The molecular formula is C11H17NO2. The summed E-state index contributed by atoms with van der Waals surface area (Å²) in [6.07, 6.45) is 0. The summed E-state index contributed by atoms with van der Waals surface area (Å²) in [5.74, 6) is 0.219. The van der Waals surface area contributed by atoms with Crippen LogP contribution in [0.4, 0.5) is 0 Å². The molecule has 0 bridgehead atoms. The Morgan fingerprint density at radius 1 is 1.29 bits per heavy atom. The zero-order chi connectivity index (χ0) is 11.1. The van der Waals surface area contributed by atoms with Crippen LogP contribution in [0.2, 0.25) is 0 Å². The van der Waals surface area contributed by atoms with Crippen LogP contribution in [0.3, 0.4) is 0 Å². The first-order valence-corrected chi connectivity index (χ1v) is 4.72. The van der Waals surface area contributed by atoms with Crippen molar-refractivity contribution in [2.45, 2.75) is 34.6 Å². The Morgan fingerprint density at radius 2 is 1.86 bits per heavy atom. The fraction of sp³-hybridized carbons (Fsp3) is 0.455. The lowest BCUT2D eigenvalue weighted by Crippen LogP contribution is -2.03. The monoisotopic (exact) mass is 195 g/mol. The van der Waals surface area contributed by atoms with Crippen LogP contribution in [0.15, 0.2) is 12.1 Å². The van der Waals surface area contributed by atoms with E-state index in [9.17, 15) is 4.79 Å². The Labute approximate surface area is 85.1 Å². The van der Waals surface area contributed by atoms with Gasteiger partial charge in [0.2, 0.25) is 0 Å². The Morgan fingerprint density at radius 3 is 2.29 bits per heavy atom. The van der Waals surface area contributed by atoms with Gasteiger partial charge in [-0.05, 0) is 26.0 Å². The third-order valence-electron chi connectivity index (χ3n) is 1.43. The molecule has 0 N–H and O–H groups in total. The lowest BCUT2D eigenvalue weighted by Gasteiger charge is -2.04. The maximum Gasteiger partial charge on any atom is 0.308 e. The van der Waals surface area contributed by atoms with Gasteiger partial charge in [0.1, 0.15) is 0 Å². The second kappa shape index (κ2) is 6.13. The number of carbonyl (C=O) groups excluding carboxylic acids is 1. The molecular weight excluding hydrogens is 178 g/mol. The maximum absolute atomic E-state index is 10.6. The highest BCUT2D eigenvalue weighted by Crippen LogP contribution is 2.15. The largest absolute Gasteiger partial charge is 0.425 e. The van der Waals surface area contributed by atoms with Crippen LogP contribution in [0.1, 0.15) is 32.2 Å². The van der Waals surface area contributed by atoms with Gasteiger partial charge < -0.3 is 4.74 Å². The normalized spacial score (nSPS) is 8.64. The molecule has 1 aromatic heterocycles.